The van der Waals surface area contributed by atoms with Crippen molar-refractivity contribution >= 4 is 35.0 Å². The molecule has 192 valence electrons. The average molecular weight is 545 g/mol. The van der Waals surface area contributed by atoms with Crippen LogP contribution < -0.4 is 5.32 Å². The predicted octanol–water partition coefficient (Wildman–Crippen LogP) is 7.63. The Morgan fingerprint density at radius 1 is 0.946 bits per heavy atom. The number of halogens is 4. The van der Waals surface area contributed by atoms with E-state index >= 15 is 0 Å². The third kappa shape index (κ3) is 6.53. The molecule has 3 aromatic carbocycles. The summed E-state index contributed by atoms with van der Waals surface area (Å²) in [5.74, 6) is 0.0416. The monoisotopic (exact) mass is 544 g/mol. The molecule has 4 aromatic rings. The van der Waals surface area contributed by atoms with Crippen LogP contribution in [0.3, 0.4) is 0 Å². The highest BCUT2D eigenvalue weighted by atomic mass is 35.5. The van der Waals surface area contributed by atoms with E-state index in [2.05, 4.69) is 36.3 Å². The molecule has 37 heavy (non-hydrogen) atoms. The maximum Gasteiger partial charge on any atom is 0.416 e. The number of carbonyl (C=O) groups excluding carboxylic acids is 1. The number of aromatic nitrogens is 3. The van der Waals surface area contributed by atoms with E-state index in [0.717, 1.165) is 35.1 Å². The molecular formula is C27H24ClF3N4OS. The quantitative estimate of drug-likeness (QED) is 0.253. The van der Waals surface area contributed by atoms with E-state index in [4.69, 9.17) is 11.6 Å². The molecule has 0 saturated heterocycles. The topological polar surface area (TPSA) is 59.8 Å². The van der Waals surface area contributed by atoms with E-state index in [-0.39, 0.29) is 16.9 Å². The third-order valence-corrected chi connectivity index (χ3v) is 6.71. The van der Waals surface area contributed by atoms with Crippen LogP contribution in [0.1, 0.15) is 31.9 Å². The molecule has 0 spiro atoms. The largest absolute Gasteiger partial charge is 0.416 e. The second-order valence-corrected chi connectivity index (χ2v) is 10.7. The van der Waals surface area contributed by atoms with Crippen LogP contribution in [0.25, 0.3) is 17.1 Å². The SMILES string of the molecule is CC(C)(C)c1ccc(-c2nnc(SCC(=O)Nc3cccc(C(F)(F)F)c3)n2-c2ccc(Cl)cc2)cc1. The number of hydrogen-bond donors (Lipinski definition) is 1. The number of thioether (sulfide) groups is 1. The van der Waals surface area contributed by atoms with Crippen LogP contribution in [0.15, 0.2) is 78.0 Å². The van der Waals surface area contributed by atoms with Crippen molar-refractivity contribution in [2.75, 3.05) is 11.1 Å². The molecule has 5 nitrogen and oxygen atoms in total. The fourth-order valence-electron chi connectivity index (χ4n) is 3.59. The first kappa shape index (κ1) is 26.8. The van der Waals surface area contributed by atoms with E-state index in [9.17, 15) is 18.0 Å². The Kier molecular flexibility index (Phi) is 7.66. The summed E-state index contributed by atoms with van der Waals surface area (Å²) in [5.41, 5.74) is 2.01. The smallest absolute Gasteiger partial charge is 0.325 e. The molecule has 1 aromatic heterocycles. The summed E-state index contributed by atoms with van der Waals surface area (Å²) in [6.07, 6.45) is -4.49. The number of nitrogens with one attached hydrogen (secondary N) is 1. The van der Waals surface area contributed by atoms with Crippen LogP contribution in [0, 0.1) is 0 Å². The van der Waals surface area contributed by atoms with Crippen LogP contribution in [0.2, 0.25) is 5.02 Å². The van der Waals surface area contributed by atoms with Crippen molar-refractivity contribution < 1.29 is 18.0 Å². The Bertz CT molecular complexity index is 1400. The van der Waals surface area contributed by atoms with Crippen molar-refractivity contribution in [3.8, 4) is 17.1 Å². The average Bonchev–Trinajstić information content (AvgIpc) is 3.26. The minimum absolute atomic E-state index is 0.00360. The maximum atomic E-state index is 13.0. The van der Waals surface area contributed by atoms with Crippen molar-refractivity contribution in [3.05, 3.63) is 88.9 Å². The maximum absolute atomic E-state index is 13.0. The molecule has 0 fully saturated rings. The van der Waals surface area contributed by atoms with Gasteiger partial charge in [-0.3, -0.25) is 9.36 Å². The van der Waals surface area contributed by atoms with Crippen molar-refractivity contribution in [2.24, 2.45) is 0 Å². The van der Waals surface area contributed by atoms with Gasteiger partial charge in [0.1, 0.15) is 0 Å². The molecule has 0 radical (unpaired) electrons. The van der Waals surface area contributed by atoms with Gasteiger partial charge in [-0.15, -0.1) is 10.2 Å². The lowest BCUT2D eigenvalue weighted by Gasteiger charge is -2.19. The van der Waals surface area contributed by atoms with E-state index in [0.29, 0.717) is 16.0 Å². The van der Waals surface area contributed by atoms with Gasteiger partial charge in [-0.25, -0.2) is 0 Å². The second-order valence-electron chi connectivity index (χ2n) is 9.36. The number of nitrogens with zero attached hydrogens (tertiary/aromatic N) is 3. The number of alkyl halides is 3. The molecule has 1 N–H and O–H groups in total. The number of amides is 1. The number of rotatable bonds is 6. The Morgan fingerprint density at radius 3 is 2.24 bits per heavy atom. The molecule has 10 heteroatoms. The molecule has 1 amide bonds. The van der Waals surface area contributed by atoms with E-state index < -0.39 is 17.6 Å². The molecule has 0 aliphatic rings. The van der Waals surface area contributed by atoms with E-state index in [1.807, 2.05) is 41.0 Å². The lowest BCUT2D eigenvalue weighted by Crippen LogP contribution is -2.15. The summed E-state index contributed by atoms with van der Waals surface area (Å²) in [6.45, 7) is 6.41. The van der Waals surface area contributed by atoms with Crippen molar-refractivity contribution in [2.45, 2.75) is 37.5 Å². The van der Waals surface area contributed by atoms with Crippen LogP contribution in [0.4, 0.5) is 18.9 Å². The van der Waals surface area contributed by atoms with E-state index in [1.54, 1.807) is 12.1 Å². The lowest BCUT2D eigenvalue weighted by atomic mass is 9.87. The van der Waals surface area contributed by atoms with Crippen molar-refractivity contribution in [1.82, 2.24) is 14.8 Å². The molecule has 0 saturated carbocycles. The first-order chi connectivity index (χ1) is 17.4. The van der Waals surface area contributed by atoms with Gasteiger partial charge in [-0.1, -0.05) is 74.5 Å². The van der Waals surface area contributed by atoms with Crippen LogP contribution in [-0.2, 0) is 16.4 Å². The van der Waals surface area contributed by atoms with Crippen LogP contribution in [0.5, 0.6) is 0 Å². The first-order valence-electron chi connectivity index (χ1n) is 11.3. The van der Waals surface area contributed by atoms with Gasteiger partial charge < -0.3 is 5.32 Å². The zero-order valence-electron chi connectivity index (χ0n) is 20.3. The predicted molar refractivity (Wildman–Crippen MR) is 141 cm³/mol. The fourth-order valence-corrected chi connectivity index (χ4v) is 4.47. The second kappa shape index (κ2) is 10.6. The Labute approximate surface area is 222 Å². The molecule has 0 atom stereocenters. The molecular weight excluding hydrogens is 521 g/mol. The zero-order chi connectivity index (χ0) is 26.8. The molecule has 4 rings (SSSR count). The highest BCUT2D eigenvalue weighted by Gasteiger charge is 2.30. The summed E-state index contributed by atoms with van der Waals surface area (Å²) in [7, 11) is 0. The molecule has 0 aliphatic heterocycles. The summed E-state index contributed by atoms with van der Waals surface area (Å²) in [6, 6.07) is 19.7. The Balaban J connectivity index is 1.59. The number of carbonyl (C=O) groups is 1. The standard InChI is InChI=1S/C27H24ClF3N4OS/c1-26(2,3)18-9-7-17(8-10-18)24-33-34-25(35(24)22-13-11-20(28)12-14-22)37-16-23(36)32-21-6-4-5-19(15-21)27(29,30)31/h4-15H,16H2,1-3H3,(H,32,36). The van der Waals surface area contributed by atoms with E-state index in [1.165, 1.54) is 17.7 Å². The summed E-state index contributed by atoms with van der Waals surface area (Å²) in [5, 5.41) is 12.2. The van der Waals surface area contributed by atoms with Gasteiger partial charge in [-0.05, 0) is 53.4 Å². The van der Waals surface area contributed by atoms with Crippen LogP contribution >= 0.6 is 23.4 Å². The van der Waals surface area contributed by atoms with Crippen LogP contribution in [-0.4, -0.2) is 26.4 Å². The number of anilines is 1. The minimum Gasteiger partial charge on any atom is -0.325 e. The lowest BCUT2D eigenvalue weighted by molar-refractivity contribution is -0.137. The zero-order valence-corrected chi connectivity index (χ0v) is 21.9. The minimum atomic E-state index is -4.49. The summed E-state index contributed by atoms with van der Waals surface area (Å²) in [4.78, 5) is 12.6. The van der Waals surface area contributed by atoms with Gasteiger partial charge in [-0.2, -0.15) is 13.2 Å². The van der Waals surface area contributed by atoms with Gasteiger partial charge in [0.05, 0.1) is 11.3 Å². The number of benzene rings is 3. The molecule has 0 bridgehead atoms. The Hall–Kier alpha value is -3.30. The highest BCUT2D eigenvalue weighted by Crippen LogP contribution is 2.32. The Morgan fingerprint density at radius 2 is 1.62 bits per heavy atom. The number of hydrogen-bond acceptors (Lipinski definition) is 4. The van der Waals surface area contributed by atoms with Gasteiger partial charge in [0.15, 0.2) is 11.0 Å². The first-order valence-corrected chi connectivity index (χ1v) is 12.7. The van der Waals surface area contributed by atoms with Gasteiger partial charge in [0.2, 0.25) is 5.91 Å². The summed E-state index contributed by atoms with van der Waals surface area (Å²) >= 11 is 7.21. The van der Waals surface area contributed by atoms with Crippen molar-refractivity contribution in [1.29, 1.82) is 0 Å². The third-order valence-electron chi connectivity index (χ3n) is 5.53. The fraction of sp³-hybridized carbons (Fsp3) is 0.222. The van der Waals surface area contributed by atoms with Gasteiger partial charge in [0, 0.05) is 22.0 Å². The van der Waals surface area contributed by atoms with Gasteiger partial charge in [0.25, 0.3) is 0 Å². The normalized spacial score (nSPS) is 12.0. The van der Waals surface area contributed by atoms with Gasteiger partial charge >= 0.3 is 6.18 Å². The molecule has 0 unspecified atom stereocenters. The summed E-state index contributed by atoms with van der Waals surface area (Å²) < 4.78 is 40.8. The highest BCUT2D eigenvalue weighted by molar-refractivity contribution is 7.99. The molecule has 0 aliphatic carbocycles. The molecule has 1 heterocycles. The van der Waals surface area contributed by atoms with Crippen molar-refractivity contribution in [3.63, 3.8) is 0 Å².